The topological polar surface area (TPSA) is 168 Å². The molecule has 1 aromatic heterocycles. The molecule has 0 fully saturated rings. The summed E-state index contributed by atoms with van der Waals surface area (Å²) in [5, 5.41) is 22.2. The van der Waals surface area contributed by atoms with Gasteiger partial charge in [-0.1, -0.05) is 18.1 Å². The number of para-hydroxylation sites is 1. The highest BCUT2D eigenvalue weighted by atomic mass is 16.7. The third-order valence-corrected chi connectivity index (χ3v) is 7.64. The number of carbonyl (C=O) groups excluding carboxylic acids is 3. The minimum absolute atomic E-state index is 0.123. The van der Waals surface area contributed by atoms with Crippen molar-refractivity contribution in [3.63, 3.8) is 0 Å². The zero-order valence-corrected chi connectivity index (χ0v) is 25.2. The number of rotatable bonds is 7. The second kappa shape index (κ2) is 12.7. The van der Waals surface area contributed by atoms with Crippen LogP contribution in [0, 0.1) is 19.8 Å². The zero-order chi connectivity index (χ0) is 31.5. The van der Waals surface area contributed by atoms with Crippen molar-refractivity contribution in [3.8, 4) is 17.2 Å². The van der Waals surface area contributed by atoms with Crippen LogP contribution in [0.1, 0.15) is 35.7 Å². The Labute approximate surface area is 254 Å². The number of ether oxygens (including phenoxy) is 3. The number of aromatic nitrogens is 1. The molecule has 5 amide bonds. The highest BCUT2D eigenvalue weighted by Gasteiger charge is 2.35. The van der Waals surface area contributed by atoms with E-state index in [4.69, 9.17) is 18.7 Å². The maximum Gasteiger partial charge on any atom is 0.323 e. The summed E-state index contributed by atoms with van der Waals surface area (Å²) in [6, 6.07) is 8.54. The van der Waals surface area contributed by atoms with Gasteiger partial charge in [-0.15, -0.1) is 0 Å². The lowest BCUT2D eigenvalue weighted by atomic mass is 9.99. The number of carbonyl (C=O) groups is 3. The molecule has 44 heavy (non-hydrogen) atoms. The van der Waals surface area contributed by atoms with Crippen molar-refractivity contribution in [2.24, 2.45) is 5.92 Å². The normalized spacial score (nSPS) is 18.0. The average Bonchev–Trinajstić information content (AvgIpc) is 3.60. The Morgan fingerprint density at radius 3 is 2.64 bits per heavy atom. The molecular formula is C30H36N6O8. The van der Waals surface area contributed by atoms with Crippen molar-refractivity contribution in [1.82, 2.24) is 15.0 Å². The van der Waals surface area contributed by atoms with Gasteiger partial charge >= 0.3 is 12.1 Å². The van der Waals surface area contributed by atoms with E-state index in [0.717, 1.165) is 0 Å². The van der Waals surface area contributed by atoms with Crippen LogP contribution in [0.25, 0.3) is 0 Å². The van der Waals surface area contributed by atoms with Gasteiger partial charge in [-0.25, -0.2) is 9.59 Å². The van der Waals surface area contributed by atoms with E-state index < -0.39 is 18.2 Å². The fraction of sp³-hybridized carbons (Fsp3) is 0.400. The summed E-state index contributed by atoms with van der Waals surface area (Å²) < 4.78 is 22.4. The molecular weight excluding hydrogens is 572 g/mol. The minimum atomic E-state index is -0.601. The first-order valence-electron chi connectivity index (χ1n) is 14.2. The zero-order valence-electron chi connectivity index (χ0n) is 25.2. The maximum atomic E-state index is 13.7. The lowest BCUT2D eigenvalue weighted by molar-refractivity contribution is 0.0373. The van der Waals surface area contributed by atoms with Crippen LogP contribution in [0.3, 0.4) is 0 Å². The molecule has 3 atom stereocenters. The van der Waals surface area contributed by atoms with E-state index in [9.17, 15) is 19.5 Å². The van der Waals surface area contributed by atoms with Gasteiger partial charge in [-0.3, -0.25) is 4.79 Å². The predicted molar refractivity (Wildman–Crippen MR) is 160 cm³/mol. The number of benzene rings is 2. The van der Waals surface area contributed by atoms with Gasteiger partial charge in [0.25, 0.3) is 5.91 Å². The van der Waals surface area contributed by atoms with Gasteiger partial charge in [0.2, 0.25) is 6.79 Å². The van der Waals surface area contributed by atoms with Crippen LogP contribution in [0.15, 0.2) is 40.9 Å². The van der Waals surface area contributed by atoms with Gasteiger partial charge in [0, 0.05) is 31.3 Å². The number of fused-ring (bicyclic) bond motifs is 2. The van der Waals surface area contributed by atoms with Gasteiger partial charge in [-0.2, -0.15) is 0 Å². The summed E-state index contributed by atoms with van der Waals surface area (Å²) >= 11 is 0. The number of aliphatic hydroxyl groups excluding tert-OH is 1. The molecule has 0 bridgehead atoms. The van der Waals surface area contributed by atoms with Gasteiger partial charge < -0.3 is 49.6 Å². The monoisotopic (exact) mass is 608 g/mol. The molecule has 234 valence electrons. The number of anilines is 3. The Bertz CT molecular complexity index is 1540. The number of urea groups is 2. The van der Waals surface area contributed by atoms with Crippen molar-refractivity contribution < 1.29 is 38.2 Å². The second-order valence-electron chi connectivity index (χ2n) is 11.0. The Morgan fingerprint density at radius 2 is 1.91 bits per heavy atom. The Morgan fingerprint density at radius 1 is 1.14 bits per heavy atom. The molecule has 4 N–H and O–H groups in total. The molecule has 2 aliphatic heterocycles. The van der Waals surface area contributed by atoms with Crippen LogP contribution >= 0.6 is 0 Å². The van der Waals surface area contributed by atoms with Crippen molar-refractivity contribution in [2.75, 3.05) is 49.5 Å². The molecule has 0 radical (unpaired) electrons. The van der Waals surface area contributed by atoms with E-state index in [1.165, 1.54) is 4.90 Å². The maximum absolute atomic E-state index is 13.7. The van der Waals surface area contributed by atoms with Crippen molar-refractivity contribution in [2.45, 2.75) is 39.8 Å². The van der Waals surface area contributed by atoms with E-state index in [1.54, 1.807) is 69.1 Å². The summed E-state index contributed by atoms with van der Waals surface area (Å²) in [6.07, 6.45) is -0.601. The first-order chi connectivity index (χ1) is 21.0. The summed E-state index contributed by atoms with van der Waals surface area (Å²) in [4.78, 5) is 43.0. The summed E-state index contributed by atoms with van der Waals surface area (Å²) in [5.41, 5.74) is 1.94. The van der Waals surface area contributed by atoms with Crippen molar-refractivity contribution in [1.29, 1.82) is 0 Å². The summed E-state index contributed by atoms with van der Waals surface area (Å²) in [7, 11) is 1.64. The molecule has 14 heteroatoms. The first-order valence-corrected chi connectivity index (χ1v) is 14.2. The third-order valence-electron chi connectivity index (χ3n) is 7.64. The Hall–Kier alpha value is -4.98. The van der Waals surface area contributed by atoms with Crippen LogP contribution in [0.4, 0.5) is 26.7 Å². The van der Waals surface area contributed by atoms with Crippen molar-refractivity contribution >= 4 is 35.0 Å². The number of aryl methyl sites for hydroxylation is 2. The van der Waals surface area contributed by atoms with Crippen LogP contribution in [-0.2, 0) is 0 Å². The SMILES string of the molecule is Cc1noc(C)c1NC(=O)Nc1cccc2c1O[C@@H](CN(C)C(=O)Nc1ccc3c(c1)OCO3)[C@H](C)CN([C@@H](C)CO)C2=O. The number of likely N-dealkylation sites (N-methyl/N-ethyl adjacent to an activating group) is 1. The van der Waals surface area contributed by atoms with Gasteiger partial charge in [0.05, 0.1) is 30.4 Å². The van der Waals surface area contributed by atoms with E-state index in [0.29, 0.717) is 34.3 Å². The molecule has 14 nitrogen and oxygen atoms in total. The number of hydrogen-bond acceptors (Lipinski definition) is 9. The molecule has 0 saturated heterocycles. The highest BCUT2D eigenvalue weighted by molar-refractivity contribution is 6.04. The molecule has 0 unspecified atom stereocenters. The van der Waals surface area contributed by atoms with Gasteiger partial charge in [-0.05, 0) is 45.0 Å². The molecule has 3 heterocycles. The summed E-state index contributed by atoms with van der Waals surface area (Å²) in [5.74, 6) is 1.12. The van der Waals surface area contributed by atoms with Crippen LogP contribution in [-0.4, -0.2) is 83.7 Å². The molecule has 2 aliphatic rings. The molecule has 0 saturated carbocycles. The van der Waals surface area contributed by atoms with E-state index in [2.05, 4.69) is 21.1 Å². The van der Waals surface area contributed by atoms with E-state index in [-0.39, 0.29) is 61.3 Å². The standard InChI is InChI=1S/C30H36N6O8/c1-16-12-36(17(2)14-37)28(38)21-7-6-8-22(32-29(39)33-26-18(3)34-44-19(26)4)27(21)43-25(16)13-35(5)30(40)31-20-9-10-23-24(11-20)42-15-41-23/h6-11,16-17,25,37H,12-15H2,1-5H3,(H,31,40)(H2,32,33,39)/t16-,17+,25+/m1/s1. The molecule has 3 aromatic rings. The number of hydrogen-bond donors (Lipinski definition) is 4. The van der Waals surface area contributed by atoms with E-state index >= 15 is 0 Å². The van der Waals surface area contributed by atoms with Crippen LogP contribution < -0.4 is 30.2 Å². The van der Waals surface area contributed by atoms with Crippen LogP contribution in [0.2, 0.25) is 0 Å². The first kappa shape index (κ1) is 30.5. The molecule has 0 aliphatic carbocycles. The lowest BCUT2D eigenvalue weighted by Crippen LogP contribution is -2.50. The largest absolute Gasteiger partial charge is 0.485 e. The lowest BCUT2D eigenvalue weighted by Gasteiger charge is -2.38. The Balaban J connectivity index is 1.40. The summed E-state index contributed by atoms with van der Waals surface area (Å²) in [6.45, 7) is 7.34. The third kappa shape index (κ3) is 6.34. The minimum Gasteiger partial charge on any atom is -0.485 e. The average molecular weight is 609 g/mol. The van der Waals surface area contributed by atoms with Gasteiger partial charge in [0.1, 0.15) is 17.5 Å². The van der Waals surface area contributed by atoms with Crippen LogP contribution in [0.5, 0.6) is 17.2 Å². The smallest absolute Gasteiger partial charge is 0.323 e. The predicted octanol–water partition coefficient (Wildman–Crippen LogP) is 4.05. The molecule has 5 rings (SSSR count). The number of nitrogens with one attached hydrogen (secondary N) is 3. The van der Waals surface area contributed by atoms with Crippen molar-refractivity contribution in [3.05, 3.63) is 53.4 Å². The Kier molecular flexibility index (Phi) is 8.81. The number of aliphatic hydroxyl groups is 1. The number of amides is 5. The van der Waals surface area contributed by atoms with E-state index in [1.807, 2.05) is 6.92 Å². The van der Waals surface area contributed by atoms with Gasteiger partial charge in [0.15, 0.2) is 23.0 Å². The molecule has 2 aromatic carbocycles. The highest BCUT2D eigenvalue weighted by Crippen LogP contribution is 2.36. The molecule has 0 spiro atoms. The quantitative estimate of drug-likeness (QED) is 0.309. The number of nitrogens with zero attached hydrogens (tertiary/aromatic N) is 3. The second-order valence-corrected chi connectivity index (χ2v) is 11.0. The fourth-order valence-corrected chi connectivity index (χ4v) is 5.03. The fourth-order valence-electron chi connectivity index (χ4n) is 5.03.